The highest BCUT2D eigenvalue weighted by molar-refractivity contribution is 7.92. The smallest absolute Gasteiger partial charge is 0.263 e. The molecule has 1 aliphatic heterocycles. The van der Waals surface area contributed by atoms with Crippen LogP contribution in [-0.2, 0) is 21.2 Å². The van der Waals surface area contributed by atoms with E-state index in [4.69, 9.17) is 0 Å². The Morgan fingerprint density at radius 3 is 2.35 bits per heavy atom. The third-order valence-electron chi connectivity index (χ3n) is 3.84. The first-order chi connectivity index (χ1) is 12.0. The van der Waals surface area contributed by atoms with E-state index >= 15 is 0 Å². The fourth-order valence-corrected chi connectivity index (χ4v) is 3.69. The number of aromatic nitrogens is 2. The van der Waals surface area contributed by atoms with Gasteiger partial charge in [0.15, 0.2) is 5.82 Å². The number of carbonyl (C=O) groups is 1. The van der Waals surface area contributed by atoms with Crippen LogP contribution < -0.4 is 14.9 Å². The van der Waals surface area contributed by atoms with Crippen molar-refractivity contribution in [1.29, 1.82) is 0 Å². The van der Waals surface area contributed by atoms with Crippen molar-refractivity contribution in [1.82, 2.24) is 10.2 Å². The Morgan fingerprint density at radius 1 is 1.08 bits per heavy atom. The normalized spacial score (nSPS) is 14.3. The van der Waals surface area contributed by atoms with Crippen LogP contribution in [0.4, 0.5) is 17.3 Å². The molecule has 0 saturated heterocycles. The number of hydrogen-bond acceptors (Lipinski definition) is 6. The molecule has 26 heavy (non-hydrogen) atoms. The highest BCUT2D eigenvalue weighted by Crippen LogP contribution is 2.30. The Morgan fingerprint density at radius 2 is 1.73 bits per heavy atom. The molecule has 2 heterocycles. The molecular weight excluding hydrogens is 354 g/mol. The highest BCUT2D eigenvalue weighted by Gasteiger charge is 2.26. The Hall–Kier alpha value is -2.68. The Kier molecular flexibility index (Phi) is 4.35. The summed E-state index contributed by atoms with van der Waals surface area (Å²) in [6.45, 7) is 5.96. The summed E-state index contributed by atoms with van der Waals surface area (Å²) in [5.41, 5.74) is 1.24. The number of nitrogens with one attached hydrogen (secondary N) is 2. The lowest BCUT2D eigenvalue weighted by atomic mass is 10.1. The van der Waals surface area contributed by atoms with Gasteiger partial charge in [0.25, 0.3) is 10.0 Å². The lowest BCUT2D eigenvalue weighted by Crippen LogP contribution is -2.26. The largest absolute Gasteiger partial charge is 0.364 e. The van der Waals surface area contributed by atoms with E-state index in [9.17, 15) is 13.2 Å². The molecule has 0 atom stereocenters. The molecule has 1 amide bonds. The van der Waals surface area contributed by atoms with Crippen molar-refractivity contribution >= 4 is 33.3 Å². The number of rotatable bonds is 4. The van der Waals surface area contributed by atoms with Crippen molar-refractivity contribution in [3.63, 3.8) is 0 Å². The number of amides is 1. The molecule has 3 rings (SSSR count). The number of anilines is 3. The van der Waals surface area contributed by atoms with Crippen LogP contribution in [0, 0.1) is 0 Å². The summed E-state index contributed by atoms with van der Waals surface area (Å²) in [5.74, 6) is 0.619. The van der Waals surface area contributed by atoms with Gasteiger partial charge >= 0.3 is 0 Å². The molecule has 0 radical (unpaired) electrons. The van der Waals surface area contributed by atoms with Gasteiger partial charge < -0.3 is 10.2 Å². The zero-order valence-corrected chi connectivity index (χ0v) is 15.9. The first-order valence-corrected chi connectivity index (χ1v) is 9.58. The van der Waals surface area contributed by atoms with Crippen LogP contribution in [-0.4, -0.2) is 37.1 Å². The molecule has 138 valence electrons. The fraction of sp³-hybridized carbons (Fsp3) is 0.353. The maximum atomic E-state index is 12.6. The van der Waals surface area contributed by atoms with Crippen molar-refractivity contribution in [2.45, 2.75) is 37.6 Å². The maximum absolute atomic E-state index is 12.6. The van der Waals surface area contributed by atoms with Crippen LogP contribution in [0.15, 0.2) is 35.2 Å². The highest BCUT2D eigenvalue weighted by atomic mass is 32.2. The molecule has 8 nitrogen and oxygen atoms in total. The van der Waals surface area contributed by atoms with Crippen LogP contribution in [0.1, 0.15) is 26.3 Å². The topological polar surface area (TPSA) is 104 Å². The van der Waals surface area contributed by atoms with Gasteiger partial charge in [0, 0.05) is 18.3 Å². The lowest BCUT2D eigenvalue weighted by molar-refractivity contribution is -0.117. The molecule has 1 aliphatic rings. The monoisotopic (exact) mass is 375 g/mol. The third-order valence-corrected chi connectivity index (χ3v) is 5.20. The van der Waals surface area contributed by atoms with Crippen LogP contribution >= 0.6 is 0 Å². The number of fused-ring (bicyclic) bond motifs is 1. The van der Waals surface area contributed by atoms with E-state index < -0.39 is 10.0 Å². The molecule has 0 aliphatic carbocycles. The molecule has 0 saturated carbocycles. The SMILES string of the molecule is CN1C(=O)Cc2cc(S(=O)(=O)Nc3ccc(NC(C)(C)C)nn3)ccc21. The van der Waals surface area contributed by atoms with Crippen LogP contribution in [0.5, 0.6) is 0 Å². The van der Waals surface area contributed by atoms with Crippen molar-refractivity contribution in [2.24, 2.45) is 0 Å². The molecule has 0 unspecified atom stereocenters. The van der Waals surface area contributed by atoms with Crippen molar-refractivity contribution in [3.05, 3.63) is 35.9 Å². The van der Waals surface area contributed by atoms with E-state index in [1.54, 1.807) is 25.2 Å². The second kappa shape index (κ2) is 6.24. The molecule has 0 fully saturated rings. The molecule has 0 spiro atoms. The Balaban J connectivity index is 1.80. The number of benzene rings is 1. The summed E-state index contributed by atoms with van der Waals surface area (Å²) < 4.78 is 27.6. The van der Waals surface area contributed by atoms with E-state index in [1.165, 1.54) is 17.0 Å². The predicted octanol–water partition coefficient (Wildman–Crippen LogP) is 2.01. The Bertz CT molecular complexity index is 949. The summed E-state index contributed by atoms with van der Waals surface area (Å²) >= 11 is 0. The summed E-state index contributed by atoms with van der Waals surface area (Å²) in [6.07, 6.45) is 0.197. The maximum Gasteiger partial charge on any atom is 0.263 e. The van der Waals surface area contributed by atoms with Gasteiger partial charge in [-0.05, 0) is 56.7 Å². The van der Waals surface area contributed by atoms with Crippen LogP contribution in [0.25, 0.3) is 0 Å². The van der Waals surface area contributed by atoms with Gasteiger partial charge in [0.1, 0.15) is 5.82 Å². The van der Waals surface area contributed by atoms with Gasteiger partial charge in [0.2, 0.25) is 5.91 Å². The minimum Gasteiger partial charge on any atom is -0.364 e. The quantitative estimate of drug-likeness (QED) is 0.847. The van der Waals surface area contributed by atoms with Gasteiger partial charge in [-0.3, -0.25) is 9.52 Å². The zero-order valence-electron chi connectivity index (χ0n) is 15.1. The summed E-state index contributed by atoms with van der Waals surface area (Å²) in [4.78, 5) is 13.4. The molecular formula is C17H21N5O3S. The van der Waals surface area contributed by atoms with Crippen molar-refractivity contribution in [3.8, 4) is 0 Å². The van der Waals surface area contributed by atoms with E-state index in [0.717, 1.165) is 5.69 Å². The van der Waals surface area contributed by atoms with Crippen molar-refractivity contribution < 1.29 is 13.2 Å². The van der Waals surface area contributed by atoms with Crippen LogP contribution in [0.2, 0.25) is 0 Å². The van der Waals surface area contributed by atoms with Gasteiger partial charge in [-0.15, -0.1) is 10.2 Å². The lowest BCUT2D eigenvalue weighted by Gasteiger charge is -2.20. The molecule has 2 N–H and O–H groups in total. The average Bonchev–Trinajstić information content (AvgIpc) is 2.82. The molecule has 1 aromatic carbocycles. The second-order valence-electron chi connectivity index (χ2n) is 7.20. The summed E-state index contributed by atoms with van der Waals surface area (Å²) in [5, 5.41) is 11.0. The fourth-order valence-electron chi connectivity index (χ4n) is 2.65. The molecule has 9 heteroatoms. The number of carbonyl (C=O) groups excluding carboxylic acids is 1. The first kappa shape index (κ1) is 18.1. The number of nitrogens with zero attached hydrogens (tertiary/aromatic N) is 3. The average molecular weight is 375 g/mol. The second-order valence-corrected chi connectivity index (χ2v) is 8.89. The van der Waals surface area contributed by atoms with E-state index in [0.29, 0.717) is 11.4 Å². The van der Waals surface area contributed by atoms with Gasteiger partial charge in [-0.1, -0.05) is 0 Å². The Labute approximate surface area is 152 Å². The minimum atomic E-state index is -3.82. The van der Waals surface area contributed by atoms with E-state index in [-0.39, 0.29) is 28.6 Å². The van der Waals surface area contributed by atoms with Gasteiger partial charge in [-0.25, -0.2) is 8.42 Å². The first-order valence-electron chi connectivity index (χ1n) is 8.09. The number of hydrogen-bond donors (Lipinski definition) is 2. The third kappa shape index (κ3) is 3.77. The number of sulfonamides is 1. The van der Waals surface area contributed by atoms with Crippen molar-refractivity contribution in [2.75, 3.05) is 22.0 Å². The van der Waals surface area contributed by atoms with Crippen LogP contribution in [0.3, 0.4) is 0 Å². The molecule has 1 aromatic heterocycles. The standard InChI is InChI=1S/C17H21N5O3S/c1-17(2,3)18-14-7-8-15(20-19-14)21-26(24,25)12-5-6-13-11(9-12)10-16(23)22(13)4/h5-9H,10H2,1-4H3,(H,18,19)(H,20,21). The van der Waals surface area contributed by atoms with E-state index in [2.05, 4.69) is 20.2 Å². The van der Waals surface area contributed by atoms with Gasteiger partial charge in [-0.2, -0.15) is 0 Å². The summed E-state index contributed by atoms with van der Waals surface area (Å²) in [7, 11) is -2.15. The molecule has 2 aromatic rings. The minimum absolute atomic E-state index is 0.0599. The van der Waals surface area contributed by atoms with Gasteiger partial charge in [0.05, 0.1) is 11.3 Å². The number of likely N-dealkylation sites (N-methyl/N-ethyl adjacent to an activating group) is 1. The predicted molar refractivity (Wildman–Crippen MR) is 99.8 cm³/mol. The molecule has 0 bridgehead atoms. The summed E-state index contributed by atoms with van der Waals surface area (Å²) in [6, 6.07) is 7.83. The zero-order chi connectivity index (χ0) is 19.1. The van der Waals surface area contributed by atoms with E-state index in [1.807, 2.05) is 20.8 Å².